The lowest BCUT2D eigenvalue weighted by molar-refractivity contribution is -0.192. The number of benzene rings is 3. The summed E-state index contributed by atoms with van der Waals surface area (Å²) in [5, 5.41) is 20.2. The summed E-state index contributed by atoms with van der Waals surface area (Å²) in [4.78, 5) is 24.1. The second kappa shape index (κ2) is 14.8. The number of para-hydroxylation sites is 1. The number of rotatable bonds is 8. The second-order valence-corrected chi connectivity index (χ2v) is 10.7. The van der Waals surface area contributed by atoms with E-state index in [1.807, 2.05) is 60.3 Å². The maximum absolute atomic E-state index is 12.9. The fourth-order valence-electron chi connectivity index (χ4n) is 4.47. The summed E-state index contributed by atoms with van der Waals surface area (Å²) < 4.78 is 39.0. The number of nitrogens with one attached hydrogen (secondary N) is 2. The van der Waals surface area contributed by atoms with Gasteiger partial charge in [-0.3, -0.25) is 9.69 Å². The molecule has 1 aromatic heterocycles. The van der Waals surface area contributed by atoms with E-state index in [0.29, 0.717) is 27.8 Å². The number of carbonyl (C=O) groups is 2. The molecule has 44 heavy (non-hydrogen) atoms. The summed E-state index contributed by atoms with van der Waals surface area (Å²) in [6.45, 7) is 7.10. The number of ether oxygens (including phenoxy) is 1. The molecule has 3 N–H and O–H groups in total. The molecule has 5 rings (SSSR count). The normalized spacial score (nSPS) is 13.7. The Labute approximate surface area is 261 Å². The van der Waals surface area contributed by atoms with Crippen molar-refractivity contribution in [3.8, 4) is 5.69 Å². The molecule has 0 unspecified atom stereocenters. The van der Waals surface area contributed by atoms with Crippen LogP contribution in [0.2, 0.25) is 10.0 Å². The van der Waals surface area contributed by atoms with Crippen LogP contribution in [0.15, 0.2) is 60.8 Å². The van der Waals surface area contributed by atoms with Crippen molar-refractivity contribution in [2.24, 2.45) is 0 Å². The largest absolute Gasteiger partial charge is 0.490 e. The van der Waals surface area contributed by atoms with Crippen molar-refractivity contribution in [2.45, 2.75) is 19.5 Å². The van der Waals surface area contributed by atoms with E-state index in [1.54, 1.807) is 12.1 Å². The van der Waals surface area contributed by atoms with Crippen LogP contribution in [-0.2, 0) is 9.53 Å². The molecule has 2 heterocycles. The summed E-state index contributed by atoms with van der Waals surface area (Å²) in [7, 11) is 0. The Hall–Kier alpha value is -3.84. The summed E-state index contributed by atoms with van der Waals surface area (Å²) in [6.07, 6.45) is -2.36. The van der Waals surface area contributed by atoms with Crippen LogP contribution >= 0.6 is 23.2 Å². The Morgan fingerprint density at radius 3 is 2.39 bits per heavy atom. The number of alkyl halides is 3. The Morgan fingerprint density at radius 2 is 1.73 bits per heavy atom. The number of fused-ring (bicyclic) bond motifs is 1. The standard InChI is InChI=1S/C28H29Cl2N5O2.C2HF3O2/c1-19-6-7-20(28(36)31-10-3-11-34-12-14-37-15-13-34)17-26(19)35-25-9-8-22(16-21(25)18-32-35)33-27-23(29)4-2-5-24(27)30;3-2(4,5)1(6)7/h2,4-9,16-18,33H,3,10-15H2,1H3,(H,31,36);(H,6,7). The highest BCUT2D eigenvalue weighted by Crippen LogP contribution is 2.33. The van der Waals surface area contributed by atoms with Gasteiger partial charge >= 0.3 is 12.1 Å². The van der Waals surface area contributed by atoms with E-state index in [9.17, 15) is 18.0 Å². The van der Waals surface area contributed by atoms with Crippen LogP contribution in [0.3, 0.4) is 0 Å². The molecule has 1 saturated heterocycles. The molecule has 0 bridgehead atoms. The zero-order valence-corrected chi connectivity index (χ0v) is 25.1. The van der Waals surface area contributed by atoms with Crippen LogP contribution in [0, 0.1) is 6.92 Å². The van der Waals surface area contributed by atoms with Crippen LogP contribution < -0.4 is 10.6 Å². The first-order chi connectivity index (χ1) is 20.9. The molecule has 1 aliphatic heterocycles. The smallest absolute Gasteiger partial charge is 0.475 e. The Kier molecular flexibility index (Phi) is 11.1. The van der Waals surface area contributed by atoms with Crippen LogP contribution in [0.5, 0.6) is 0 Å². The Bertz CT molecular complexity index is 1600. The van der Waals surface area contributed by atoms with Gasteiger partial charge in [0.15, 0.2) is 0 Å². The number of morpholine rings is 1. The van der Waals surface area contributed by atoms with Crippen molar-refractivity contribution in [1.82, 2.24) is 20.0 Å². The van der Waals surface area contributed by atoms with Gasteiger partial charge in [-0.1, -0.05) is 35.3 Å². The number of aromatic nitrogens is 2. The molecule has 4 aromatic rings. The quantitative estimate of drug-likeness (QED) is 0.187. The molecule has 9 nitrogen and oxygen atoms in total. The highest BCUT2D eigenvalue weighted by molar-refractivity contribution is 6.39. The van der Waals surface area contributed by atoms with Gasteiger partial charge in [0, 0.05) is 36.3 Å². The molecule has 0 atom stereocenters. The number of carboxylic acids is 1. The molecular weight excluding hydrogens is 622 g/mol. The van der Waals surface area contributed by atoms with Crippen molar-refractivity contribution < 1.29 is 32.6 Å². The number of carboxylic acid groups (broad SMARTS) is 1. The zero-order chi connectivity index (χ0) is 31.9. The number of aryl methyl sites for hydroxylation is 1. The summed E-state index contributed by atoms with van der Waals surface area (Å²) in [5.41, 5.74) is 4.95. The Balaban J connectivity index is 0.000000566. The number of aliphatic carboxylic acids is 1. The van der Waals surface area contributed by atoms with Gasteiger partial charge in [-0.2, -0.15) is 18.3 Å². The lowest BCUT2D eigenvalue weighted by Gasteiger charge is -2.26. The van der Waals surface area contributed by atoms with E-state index in [-0.39, 0.29) is 5.91 Å². The van der Waals surface area contributed by atoms with Gasteiger partial charge in [-0.05, 0) is 67.9 Å². The average Bonchev–Trinajstić information content (AvgIpc) is 3.41. The van der Waals surface area contributed by atoms with Crippen LogP contribution in [0.4, 0.5) is 24.5 Å². The minimum Gasteiger partial charge on any atom is -0.475 e. The molecule has 1 fully saturated rings. The maximum Gasteiger partial charge on any atom is 0.490 e. The van der Waals surface area contributed by atoms with Crippen LogP contribution in [0.1, 0.15) is 22.3 Å². The van der Waals surface area contributed by atoms with Gasteiger partial charge in [0.05, 0.1) is 46.3 Å². The summed E-state index contributed by atoms with van der Waals surface area (Å²) in [5.74, 6) is -2.84. The molecule has 234 valence electrons. The van der Waals surface area contributed by atoms with Gasteiger partial charge in [-0.25, -0.2) is 9.48 Å². The van der Waals surface area contributed by atoms with Crippen molar-refractivity contribution in [3.63, 3.8) is 0 Å². The first-order valence-electron chi connectivity index (χ1n) is 13.6. The number of nitrogens with zero attached hydrogens (tertiary/aromatic N) is 3. The third kappa shape index (κ3) is 8.63. The van der Waals surface area contributed by atoms with Crippen molar-refractivity contribution in [2.75, 3.05) is 44.7 Å². The van der Waals surface area contributed by atoms with E-state index >= 15 is 0 Å². The third-order valence-electron chi connectivity index (χ3n) is 6.78. The fourth-order valence-corrected chi connectivity index (χ4v) is 4.97. The van der Waals surface area contributed by atoms with E-state index in [4.69, 9.17) is 37.8 Å². The maximum atomic E-state index is 12.9. The molecule has 0 aliphatic carbocycles. The predicted octanol–water partition coefficient (Wildman–Crippen LogP) is 6.47. The van der Waals surface area contributed by atoms with Crippen molar-refractivity contribution in [1.29, 1.82) is 0 Å². The van der Waals surface area contributed by atoms with Gasteiger partial charge in [0.25, 0.3) is 5.91 Å². The molecule has 0 saturated carbocycles. The first kappa shape index (κ1) is 33.1. The fraction of sp³-hybridized carbons (Fsp3) is 0.300. The minimum absolute atomic E-state index is 0.0807. The van der Waals surface area contributed by atoms with Crippen molar-refractivity contribution in [3.05, 3.63) is 82.0 Å². The van der Waals surface area contributed by atoms with Crippen LogP contribution in [0.25, 0.3) is 16.6 Å². The molecular formula is C30H30Cl2F3N5O4. The molecule has 0 spiro atoms. The van der Waals surface area contributed by atoms with E-state index in [2.05, 4.69) is 20.6 Å². The monoisotopic (exact) mass is 651 g/mol. The average molecular weight is 653 g/mol. The molecule has 1 amide bonds. The van der Waals surface area contributed by atoms with E-state index < -0.39 is 12.1 Å². The molecule has 1 aliphatic rings. The SMILES string of the molecule is Cc1ccc(C(=O)NCCCN2CCOCC2)cc1-n1ncc2cc(Nc3c(Cl)cccc3Cl)ccc21.O=C(O)C(F)(F)F. The number of hydrogen-bond donors (Lipinski definition) is 3. The molecule has 0 radical (unpaired) electrons. The van der Waals surface area contributed by atoms with Gasteiger partial charge in [-0.15, -0.1) is 0 Å². The Morgan fingerprint density at radius 1 is 1.05 bits per heavy atom. The van der Waals surface area contributed by atoms with E-state index in [0.717, 1.165) is 67.1 Å². The van der Waals surface area contributed by atoms with Crippen molar-refractivity contribution >= 4 is 57.4 Å². The van der Waals surface area contributed by atoms with Gasteiger partial charge in [0.1, 0.15) is 0 Å². The highest BCUT2D eigenvalue weighted by atomic mass is 35.5. The third-order valence-corrected chi connectivity index (χ3v) is 7.41. The summed E-state index contributed by atoms with van der Waals surface area (Å²) >= 11 is 12.6. The minimum atomic E-state index is -5.08. The molecule has 3 aromatic carbocycles. The van der Waals surface area contributed by atoms with Gasteiger partial charge < -0.3 is 20.5 Å². The summed E-state index contributed by atoms with van der Waals surface area (Å²) in [6, 6.07) is 17.1. The lowest BCUT2D eigenvalue weighted by Crippen LogP contribution is -2.38. The number of carbonyl (C=O) groups excluding carboxylic acids is 1. The first-order valence-corrected chi connectivity index (χ1v) is 14.4. The number of amides is 1. The number of anilines is 2. The van der Waals surface area contributed by atoms with Gasteiger partial charge in [0.2, 0.25) is 0 Å². The zero-order valence-electron chi connectivity index (χ0n) is 23.6. The number of hydrogen-bond acceptors (Lipinski definition) is 6. The van der Waals surface area contributed by atoms with E-state index in [1.165, 1.54) is 0 Å². The topological polar surface area (TPSA) is 109 Å². The second-order valence-electron chi connectivity index (χ2n) is 9.92. The molecule has 14 heteroatoms. The lowest BCUT2D eigenvalue weighted by atomic mass is 10.1. The highest BCUT2D eigenvalue weighted by Gasteiger charge is 2.38. The van der Waals surface area contributed by atoms with Crippen LogP contribution in [-0.4, -0.2) is 77.2 Å². The number of halogens is 5. The predicted molar refractivity (Wildman–Crippen MR) is 163 cm³/mol.